The highest BCUT2D eigenvalue weighted by atomic mass is 16.6. The number of nitrogens with zero attached hydrogens (tertiary/aromatic N) is 3. The Morgan fingerprint density at radius 1 is 1.19 bits per heavy atom. The number of likely N-dealkylation sites (tertiary alicyclic amines) is 1. The largest absolute Gasteiger partial charge is 0.467 e. The van der Waals surface area contributed by atoms with Crippen LogP contribution in [0.15, 0.2) is 28.7 Å². The van der Waals surface area contributed by atoms with Crippen LogP contribution in [0.1, 0.15) is 43.4 Å². The predicted octanol–water partition coefficient (Wildman–Crippen LogP) is 2.33. The number of hydrogen-bond donors (Lipinski definition) is 1. The molecular weight excluding hydrogens is 404 g/mol. The van der Waals surface area contributed by atoms with E-state index >= 15 is 0 Å². The van der Waals surface area contributed by atoms with Gasteiger partial charge in [-0.15, -0.1) is 10.2 Å². The summed E-state index contributed by atoms with van der Waals surface area (Å²) >= 11 is 0. The van der Waals surface area contributed by atoms with Gasteiger partial charge in [-0.05, 0) is 32.9 Å². The Kier molecular flexibility index (Phi) is 6.28. The average Bonchev–Trinajstić information content (AvgIpc) is 3.32. The van der Waals surface area contributed by atoms with E-state index in [1.807, 2.05) is 0 Å². The fourth-order valence-corrected chi connectivity index (χ4v) is 3.36. The molecule has 2 aromatic rings. The van der Waals surface area contributed by atoms with Crippen LogP contribution in [0, 0.1) is 6.92 Å². The highest BCUT2D eigenvalue weighted by Crippen LogP contribution is 2.25. The molecule has 2 atom stereocenters. The summed E-state index contributed by atoms with van der Waals surface area (Å²) in [6.45, 7) is 6.99. The zero-order valence-electron chi connectivity index (χ0n) is 18.2. The van der Waals surface area contributed by atoms with E-state index in [4.69, 9.17) is 13.9 Å². The predicted molar refractivity (Wildman–Crippen MR) is 109 cm³/mol. The van der Waals surface area contributed by atoms with E-state index in [1.54, 1.807) is 52.0 Å². The SMILES string of the molecule is COC(=O)[C@H]1C[C@H](NC(=O)c2ccccc2-c2nnc(C)o2)CN1C(=O)OC(C)(C)C. The number of benzene rings is 1. The third kappa shape index (κ3) is 5.19. The lowest BCUT2D eigenvalue weighted by Gasteiger charge is -2.27. The second-order valence-corrected chi connectivity index (χ2v) is 8.25. The van der Waals surface area contributed by atoms with Crippen LogP contribution in [-0.4, -0.2) is 64.4 Å². The molecule has 3 rings (SSSR count). The Hall–Kier alpha value is -3.43. The third-order valence-electron chi connectivity index (χ3n) is 4.67. The van der Waals surface area contributed by atoms with Crippen LogP contribution < -0.4 is 5.32 Å². The quantitative estimate of drug-likeness (QED) is 0.733. The van der Waals surface area contributed by atoms with Gasteiger partial charge in [0.25, 0.3) is 5.91 Å². The van der Waals surface area contributed by atoms with E-state index in [9.17, 15) is 14.4 Å². The van der Waals surface area contributed by atoms with Gasteiger partial charge in [0.05, 0.1) is 18.2 Å². The Balaban J connectivity index is 1.78. The first-order chi connectivity index (χ1) is 14.6. The number of nitrogens with one attached hydrogen (secondary N) is 1. The molecule has 2 heterocycles. The van der Waals surface area contributed by atoms with Gasteiger partial charge in [-0.3, -0.25) is 9.69 Å². The zero-order chi connectivity index (χ0) is 22.8. The van der Waals surface area contributed by atoms with Gasteiger partial charge in [-0.2, -0.15) is 0 Å². The highest BCUT2D eigenvalue weighted by molar-refractivity contribution is 6.00. The number of esters is 1. The van der Waals surface area contributed by atoms with Crippen molar-refractivity contribution in [3.63, 3.8) is 0 Å². The van der Waals surface area contributed by atoms with E-state index in [0.717, 1.165) is 0 Å². The molecule has 31 heavy (non-hydrogen) atoms. The van der Waals surface area contributed by atoms with Crippen molar-refractivity contribution in [2.75, 3.05) is 13.7 Å². The summed E-state index contributed by atoms with van der Waals surface area (Å²) in [5, 5.41) is 10.7. The summed E-state index contributed by atoms with van der Waals surface area (Å²) in [7, 11) is 1.25. The van der Waals surface area contributed by atoms with Gasteiger partial charge >= 0.3 is 12.1 Å². The first-order valence-electron chi connectivity index (χ1n) is 9.87. The minimum absolute atomic E-state index is 0.113. The first-order valence-corrected chi connectivity index (χ1v) is 9.87. The number of aryl methyl sites for hydroxylation is 1. The maximum atomic E-state index is 13.0. The van der Waals surface area contributed by atoms with Crippen molar-refractivity contribution >= 4 is 18.0 Å². The Labute approximate surface area is 179 Å². The average molecular weight is 430 g/mol. The molecule has 1 aromatic carbocycles. The lowest BCUT2D eigenvalue weighted by molar-refractivity contribution is -0.145. The van der Waals surface area contributed by atoms with Crippen molar-refractivity contribution in [3.8, 4) is 11.5 Å². The fourth-order valence-electron chi connectivity index (χ4n) is 3.36. The van der Waals surface area contributed by atoms with Crippen molar-refractivity contribution in [1.29, 1.82) is 0 Å². The lowest BCUT2D eigenvalue weighted by Crippen LogP contribution is -2.44. The van der Waals surface area contributed by atoms with Gasteiger partial charge in [0.2, 0.25) is 11.8 Å². The fraction of sp³-hybridized carbons (Fsp3) is 0.476. The maximum Gasteiger partial charge on any atom is 0.411 e. The summed E-state index contributed by atoms with van der Waals surface area (Å²) in [5.74, 6) is -0.331. The third-order valence-corrected chi connectivity index (χ3v) is 4.67. The van der Waals surface area contributed by atoms with Gasteiger partial charge in [0, 0.05) is 25.9 Å². The maximum absolute atomic E-state index is 13.0. The van der Waals surface area contributed by atoms with Gasteiger partial charge < -0.3 is 19.2 Å². The standard InChI is InChI=1S/C21H26N4O6/c1-12-23-24-18(30-12)15-9-7-6-8-14(15)17(26)22-13-10-16(19(27)29-5)25(11-13)20(28)31-21(2,3)4/h6-9,13,16H,10-11H2,1-5H3,(H,22,26)/t13-,16+/m0/s1. The Morgan fingerprint density at radius 3 is 2.52 bits per heavy atom. The molecular formula is C21H26N4O6. The van der Waals surface area contributed by atoms with Crippen molar-refractivity contribution in [3.05, 3.63) is 35.7 Å². The highest BCUT2D eigenvalue weighted by Gasteiger charge is 2.42. The second-order valence-electron chi connectivity index (χ2n) is 8.25. The Morgan fingerprint density at radius 2 is 1.90 bits per heavy atom. The molecule has 0 aliphatic carbocycles. The molecule has 1 aromatic heterocycles. The van der Waals surface area contributed by atoms with Crippen molar-refractivity contribution in [2.24, 2.45) is 0 Å². The molecule has 0 spiro atoms. The minimum atomic E-state index is -0.848. The molecule has 1 aliphatic heterocycles. The molecule has 1 fully saturated rings. The molecule has 10 heteroatoms. The van der Waals surface area contributed by atoms with Crippen LogP contribution in [0.2, 0.25) is 0 Å². The number of aromatic nitrogens is 2. The number of methoxy groups -OCH3 is 1. The summed E-state index contributed by atoms with van der Waals surface area (Å²) in [5.41, 5.74) is 0.115. The van der Waals surface area contributed by atoms with Crippen LogP contribution >= 0.6 is 0 Å². The van der Waals surface area contributed by atoms with E-state index in [1.165, 1.54) is 12.0 Å². The Bertz CT molecular complexity index is 980. The summed E-state index contributed by atoms with van der Waals surface area (Å²) in [6.07, 6.45) is -0.430. The van der Waals surface area contributed by atoms with Crippen molar-refractivity contribution in [2.45, 2.75) is 51.8 Å². The molecule has 0 saturated carbocycles. The molecule has 1 saturated heterocycles. The van der Waals surface area contributed by atoms with Crippen LogP contribution in [0.25, 0.3) is 11.5 Å². The molecule has 166 valence electrons. The molecule has 2 amide bonds. The lowest BCUT2D eigenvalue weighted by atomic mass is 10.1. The number of hydrogen-bond acceptors (Lipinski definition) is 8. The first kappa shape index (κ1) is 22.3. The van der Waals surface area contributed by atoms with Gasteiger partial charge in [-0.1, -0.05) is 12.1 Å². The van der Waals surface area contributed by atoms with Crippen LogP contribution in [-0.2, 0) is 14.3 Å². The van der Waals surface area contributed by atoms with Gasteiger partial charge in [0.1, 0.15) is 11.6 Å². The summed E-state index contributed by atoms with van der Waals surface area (Å²) in [6, 6.07) is 5.52. The van der Waals surface area contributed by atoms with Crippen LogP contribution in [0.4, 0.5) is 4.79 Å². The van der Waals surface area contributed by atoms with Crippen molar-refractivity contribution in [1.82, 2.24) is 20.4 Å². The van der Waals surface area contributed by atoms with E-state index < -0.39 is 29.7 Å². The monoisotopic (exact) mass is 430 g/mol. The minimum Gasteiger partial charge on any atom is -0.467 e. The smallest absolute Gasteiger partial charge is 0.411 e. The molecule has 0 bridgehead atoms. The number of ether oxygens (including phenoxy) is 2. The van der Waals surface area contributed by atoms with Crippen LogP contribution in [0.5, 0.6) is 0 Å². The number of amides is 2. The topological polar surface area (TPSA) is 124 Å². The van der Waals surface area contributed by atoms with Gasteiger partial charge in [0.15, 0.2) is 0 Å². The molecule has 0 radical (unpaired) electrons. The molecule has 0 unspecified atom stereocenters. The van der Waals surface area contributed by atoms with Crippen LogP contribution in [0.3, 0.4) is 0 Å². The molecule has 1 aliphatic rings. The normalized spacial score (nSPS) is 18.5. The number of carbonyl (C=O) groups is 3. The number of carbonyl (C=O) groups excluding carboxylic acids is 3. The van der Waals surface area contributed by atoms with Gasteiger partial charge in [-0.25, -0.2) is 9.59 Å². The summed E-state index contributed by atoms with van der Waals surface area (Å²) in [4.78, 5) is 39.1. The molecule has 1 N–H and O–H groups in total. The van der Waals surface area contributed by atoms with E-state index in [-0.39, 0.29) is 24.8 Å². The molecule has 10 nitrogen and oxygen atoms in total. The van der Waals surface area contributed by atoms with E-state index in [2.05, 4.69) is 15.5 Å². The summed E-state index contributed by atoms with van der Waals surface area (Å²) < 4.78 is 15.7. The van der Waals surface area contributed by atoms with Crippen molar-refractivity contribution < 1.29 is 28.3 Å². The number of rotatable bonds is 4. The second kappa shape index (κ2) is 8.75. The zero-order valence-corrected chi connectivity index (χ0v) is 18.2. The van der Waals surface area contributed by atoms with E-state index in [0.29, 0.717) is 17.0 Å².